The molecular formula is C21H20ClFN4O4. The predicted octanol–water partition coefficient (Wildman–Crippen LogP) is 2.27. The first kappa shape index (κ1) is 21.0. The number of halogens is 2. The Labute approximate surface area is 181 Å². The molecule has 0 spiro atoms. The fourth-order valence-corrected chi connectivity index (χ4v) is 4.00. The lowest BCUT2D eigenvalue weighted by Crippen LogP contribution is -2.38. The number of rotatable bonds is 3. The number of benzene rings is 1. The third-order valence-electron chi connectivity index (χ3n) is 5.41. The number of pyridine rings is 1. The van der Waals surface area contributed by atoms with Gasteiger partial charge in [-0.2, -0.15) is 0 Å². The highest BCUT2D eigenvalue weighted by atomic mass is 35.5. The molecule has 3 heterocycles. The molecule has 0 fully saturated rings. The molecule has 10 heteroatoms. The molecular weight excluding hydrogens is 427 g/mol. The highest BCUT2D eigenvalue weighted by Crippen LogP contribution is 2.24. The largest absolute Gasteiger partial charge is 0.490 e. The molecule has 4 rings (SSSR count). The molecule has 8 nitrogen and oxygen atoms in total. The summed E-state index contributed by atoms with van der Waals surface area (Å²) in [4.78, 5) is 45.3. The van der Waals surface area contributed by atoms with Gasteiger partial charge in [-0.25, -0.2) is 9.37 Å². The van der Waals surface area contributed by atoms with Crippen LogP contribution < -0.4 is 15.9 Å². The second-order valence-electron chi connectivity index (χ2n) is 7.42. The van der Waals surface area contributed by atoms with Gasteiger partial charge in [-0.1, -0.05) is 17.7 Å². The summed E-state index contributed by atoms with van der Waals surface area (Å²) in [5, 5.41) is -0.123. The molecule has 0 aliphatic carbocycles. The van der Waals surface area contributed by atoms with Crippen LogP contribution in [0, 0.1) is 5.82 Å². The molecule has 162 valence electrons. The highest BCUT2D eigenvalue weighted by molar-refractivity contribution is 6.30. The van der Waals surface area contributed by atoms with Crippen molar-refractivity contribution < 1.29 is 13.9 Å². The highest BCUT2D eigenvalue weighted by Gasteiger charge is 2.28. The molecule has 0 radical (unpaired) electrons. The lowest BCUT2D eigenvalue weighted by molar-refractivity contribution is 0.0773. The quantitative estimate of drug-likeness (QED) is 0.616. The van der Waals surface area contributed by atoms with E-state index in [0.29, 0.717) is 25.1 Å². The van der Waals surface area contributed by atoms with Crippen molar-refractivity contribution in [3.8, 4) is 5.75 Å². The zero-order valence-corrected chi connectivity index (χ0v) is 17.8. The number of carbonyl (C=O) groups excluding carboxylic acids is 1. The predicted molar refractivity (Wildman–Crippen MR) is 114 cm³/mol. The minimum absolute atomic E-state index is 0.0528. The molecule has 0 saturated carbocycles. The number of hydrogen-bond acceptors (Lipinski definition) is 5. The zero-order chi connectivity index (χ0) is 22.3. The Morgan fingerprint density at radius 1 is 1.16 bits per heavy atom. The number of ether oxygens (including phenoxy) is 1. The summed E-state index contributed by atoms with van der Waals surface area (Å²) in [6.45, 7) is 0.930. The Kier molecular flexibility index (Phi) is 5.53. The van der Waals surface area contributed by atoms with E-state index in [1.54, 1.807) is 7.05 Å². The van der Waals surface area contributed by atoms with E-state index >= 15 is 0 Å². The van der Waals surface area contributed by atoms with Crippen LogP contribution in [0.1, 0.15) is 28.9 Å². The molecule has 1 aliphatic rings. The smallest absolute Gasteiger partial charge is 0.294 e. The summed E-state index contributed by atoms with van der Waals surface area (Å²) in [5.74, 6) is -1.09. The van der Waals surface area contributed by atoms with Crippen LogP contribution >= 0.6 is 11.6 Å². The summed E-state index contributed by atoms with van der Waals surface area (Å²) in [6.07, 6.45) is 2.75. The fourth-order valence-electron chi connectivity index (χ4n) is 3.80. The van der Waals surface area contributed by atoms with E-state index < -0.39 is 16.9 Å². The van der Waals surface area contributed by atoms with Gasteiger partial charge >= 0.3 is 0 Å². The molecule has 3 aromatic rings. The second-order valence-corrected chi connectivity index (χ2v) is 7.83. The molecule has 0 saturated heterocycles. The Balaban J connectivity index is 1.97. The van der Waals surface area contributed by atoms with Crippen molar-refractivity contribution in [1.82, 2.24) is 19.0 Å². The first-order chi connectivity index (χ1) is 14.8. The fraction of sp³-hybridized carbons (Fsp3) is 0.333. The van der Waals surface area contributed by atoms with Crippen molar-refractivity contribution in [2.45, 2.75) is 25.9 Å². The number of nitrogens with zero attached hydrogens (tertiary/aromatic N) is 4. The molecule has 1 aromatic carbocycles. The van der Waals surface area contributed by atoms with Crippen LogP contribution in [-0.2, 0) is 13.1 Å². The van der Waals surface area contributed by atoms with E-state index in [2.05, 4.69) is 4.98 Å². The monoisotopic (exact) mass is 446 g/mol. The van der Waals surface area contributed by atoms with Crippen molar-refractivity contribution in [3.05, 3.63) is 67.3 Å². The van der Waals surface area contributed by atoms with Crippen LogP contribution in [0.2, 0.25) is 5.02 Å². The van der Waals surface area contributed by atoms with Crippen molar-refractivity contribution in [1.29, 1.82) is 0 Å². The Morgan fingerprint density at radius 2 is 1.90 bits per heavy atom. The van der Waals surface area contributed by atoms with Gasteiger partial charge in [0.1, 0.15) is 22.4 Å². The average Bonchev–Trinajstić information content (AvgIpc) is 2.74. The number of methoxy groups -OCH3 is 1. The number of amides is 1. The Bertz CT molecular complexity index is 1320. The van der Waals surface area contributed by atoms with Crippen LogP contribution in [0.5, 0.6) is 5.75 Å². The summed E-state index contributed by atoms with van der Waals surface area (Å²) in [6, 6.07) is 4.13. The summed E-state index contributed by atoms with van der Waals surface area (Å²) in [5.41, 5.74) is -0.312. The molecule has 31 heavy (non-hydrogen) atoms. The zero-order valence-electron chi connectivity index (χ0n) is 17.0. The second kappa shape index (κ2) is 8.14. The van der Waals surface area contributed by atoms with E-state index in [1.165, 1.54) is 45.7 Å². The lowest BCUT2D eigenvalue weighted by atomic mass is 10.1. The number of fused-ring (bicyclic) bond motifs is 3. The van der Waals surface area contributed by atoms with Crippen molar-refractivity contribution in [3.63, 3.8) is 0 Å². The van der Waals surface area contributed by atoms with Crippen molar-refractivity contribution >= 4 is 28.4 Å². The third kappa shape index (κ3) is 3.59. The summed E-state index contributed by atoms with van der Waals surface area (Å²) >= 11 is 5.84. The molecule has 1 amide bonds. The van der Waals surface area contributed by atoms with Gasteiger partial charge in [-0.05, 0) is 30.5 Å². The van der Waals surface area contributed by atoms with Gasteiger partial charge in [0.15, 0.2) is 5.75 Å². The van der Waals surface area contributed by atoms with Crippen LogP contribution in [-0.4, -0.2) is 45.6 Å². The van der Waals surface area contributed by atoms with Crippen LogP contribution in [0.15, 0.2) is 34.1 Å². The first-order valence-corrected chi connectivity index (χ1v) is 10.1. The number of carbonyl (C=O) groups is 1. The minimum Gasteiger partial charge on any atom is -0.490 e. The minimum atomic E-state index is -0.565. The van der Waals surface area contributed by atoms with Crippen molar-refractivity contribution in [2.75, 3.05) is 20.7 Å². The van der Waals surface area contributed by atoms with Crippen molar-refractivity contribution in [2.24, 2.45) is 0 Å². The Morgan fingerprint density at radius 3 is 2.61 bits per heavy atom. The normalized spacial score (nSPS) is 14.3. The van der Waals surface area contributed by atoms with Crippen LogP contribution in [0.25, 0.3) is 10.9 Å². The first-order valence-electron chi connectivity index (χ1n) is 9.72. The molecule has 0 unspecified atom stereocenters. The van der Waals surface area contributed by atoms with Gasteiger partial charge in [0.05, 0.1) is 25.0 Å². The van der Waals surface area contributed by atoms with Gasteiger partial charge in [0.25, 0.3) is 17.0 Å². The van der Waals surface area contributed by atoms with E-state index in [-0.39, 0.29) is 39.8 Å². The molecule has 0 atom stereocenters. The molecule has 0 N–H and O–H groups in total. The molecule has 2 aromatic heterocycles. The maximum atomic E-state index is 13.5. The Hall–Kier alpha value is -3.20. The van der Waals surface area contributed by atoms with E-state index in [1.807, 2.05) is 0 Å². The van der Waals surface area contributed by atoms with Gasteiger partial charge in [-0.3, -0.25) is 23.5 Å². The standard InChI is InChI=1S/C21H20ClFN4O4/c1-25-7-3-4-8-27-17(20(25)29)16-15(18(31-2)21(27)30)19(28)26(11-24-16)10-12-5-6-14(23)13(22)9-12/h5-6,9,11H,3-4,7-8,10H2,1-2H3. The average molecular weight is 447 g/mol. The number of aromatic nitrogens is 3. The molecule has 0 bridgehead atoms. The third-order valence-corrected chi connectivity index (χ3v) is 5.70. The van der Waals surface area contributed by atoms with Crippen LogP contribution in [0.3, 0.4) is 0 Å². The van der Waals surface area contributed by atoms with Gasteiger partial charge < -0.3 is 9.64 Å². The topological polar surface area (TPSA) is 86.4 Å². The SMILES string of the molecule is COc1c(=O)n2c(c3ncn(Cc4ccc(F)c(Cl)c4)c(=O)c13)C(=O)N(C)CCCC2. The van der Waals surface area contributed by atoms with Gasteiger partial charge in [-0.15, -0.1) is 0 Å². The summed E-state index contributed by atoms with van der Waals surface area (Å²) < 4.78 is 21.4. The van der Waals surface area contributed by atoms with E-state index in [4.69, 9.17) is 16.3 Å². The van der Waals surface area contributed by atoms with Gasteiger partial charge in [0.2, 0.25) is 0 Å². The van der Waals surface area contributed by atoms with E-state index in [9.17, 15) is 18.8 Å². The van der Waals surface area contributed by atoms with Crippen LogP contribution in [0.4, 0.5) is 4.39 Å². The molecule has 1 aliphatic heterocycles. The maximum absolute atomic E-state index is 13.5. The van der Waals surface area contributed by atoms with Gasteiger partial charge in [0, 0.05) is 20.1 Å². The summed E-state index contributed by atoms with van der Waals surface area (Å²) in [7, 11) is 2.95. The van der Waals surface area contributed by atoms with E-state index in [0.717, 1.165) is 6.42 Å². The lowest BCUT2D eigenvalue weighted by Gasteiger charge is -2.24. The maximum Gasteiger partial charge on any atom is 0.294 e. The number of hydrogen-bond donors (Lipinski definition) is 0.